The number of benzene rings is 1. The number of rotatable bonds is 3. The first-order valence-electron chi connectivity index (χ1n) is 4.91. The zero-order valence-corrected chi connectivity index (χ0v) is 9.96. The van der Waals surface area contributed by atoms with Crippen LogP contribution in [0.2, 0.25) is 0 Å². The molecule has 0 atom stereocenters. The van der Waals surface area contributed by atoms with Gasteiger partial charge in [-0.05, 0) is 24.6 Å². The van der Waals surface area contributed by atoms with E-state index in [0.717, 1.165) is 11.1 Å². The van der Waals surface area contributed by atoms with E-state index in [9.17, 15) is 4.39 Å². The van der Waals surface area contributed by atoms with E-state index in [4.69, 9.17) is 5.73 Å². The Labute approximate surface area is 102 Å². The molecule has 1 aromatic heterocycles. The van der Waals surface area contributed by atoms with E-state index >= 15 is 0 Å². The van der Waals surface area contributed by atoms with Crippen LogP contribution in [-0.2, 0) is 0 Å². The Hall–Kier alpha value is -1.95. The van der Waals surface area contributed by atoms with E-state index in [2.05, 4.69) is 15.5 Å². The Bertz CT molecular complexity index is 550. The molecule has 0 aliphatic heterocycles. The molecule has 3 N–H and O–H groups in total. The van der Waals surface area contributed by atoms with Gasteiger partial charge in [-0.15, -0.1) is 11.3 Å². The summed E-state index contributed by atoms with van der Waals surface area (Å²) >= 11 is 1.36. The molecule has 2 aromatic rings. The molecule has 0 saturated carbocycles. The van der Waals surface area contributed by atoms with Gasteiger partial charge in [-0.25, -0.2) is 9.37 Å². The first kappa shape index (κ1) is 11.5. The van der Waals surface area contributed by atoms with Gasteiger partial charge in [0.15, 0.2) is 0 Å². The first-order chi connectivity index (χ1) is 8.15. The summed E-state index contributed by atoms with van der Waals surface area (Å²) in [6.45, 7) is 1.89. The first-order valence-corrected chi connectivity index (χ1v) is 5.79. The second kappa shape index (κ2) is 4.92. The SMILES string of the molecule is Cc1ccc(F)cc1C=NNc1nc(N)cs1. The van der Waals surface area contributed by atoms with Crippen molar-refractivity contribution in [3.8, 4) is 0 Å². The maximum atomic E-state index is 13.0. The molecule has 0 saturated heterocycles. The fourth-order valence-electron chi connectivity index (χ4n) is 1.24. The normalized spacial score (nSPS) is 10.9. The molecule has 0 aliphatic carbocycles. The Morgan fingerprint density at radius 2 is 2.35 bits per heavy atom. The van der Waals surface area contributed by atoms with Crippen molar-refractivity contribution in [2.24, 2.45) is 5.10 Å². The monoisotopic (exact) mass is 250 g/mol. The highest BCUT2D eigenvalue weighted by Crippen LogP contribution is 2.16. The molecule has 0 spiro atoms. The minimum atomic E-state index is -0.282. The van der Waals surface area contributed by atoms with Crippen molar-refractivity contribution in [3.05, 3.63) is 40.5 Å². The van der Waals surface area contributed by atoms with Crippen LogP contribution in [0.3, 0.4) is 0 Å². The van der Waals surface area contributed by atoms with E-state index in [1.165, 1.54) is 23.5 Å². The molecular formula is C11H11FN4S. The maximum Gasteiger partial charge on any atom is 0.205 e. The zero-order chi connectivity index (χ0) is 12.3. The standard InChI is InChI=1S/C11H11FN4S/c1-7-2-3-9(12)4-8(7)5-14-16-11-15-10(13)6-17-11/h2-6H,13H2,1H3,(H,15,16). The molecule has 6 heteroatoms. The molecule has 0 aliphatic rings. The predicted molar refractivity (Wildman–Crippen MR) is 68.9 cm³/mol. The lowest BCUT2D eigenvalue weighted by Crippen LogP contribution is -1.93. The summed E-state index contributed by atoms with van der Waals surface area (Å²) in [7, 11) is 0. The second-order valence-corrected chi connectivity index (χ2v) is 4.31. The quantitative estimate of drug-likeness (QED) is 0.650. The minimum absolute atomic E-state index is 0.282. The lowest BCUT2D eigenvalue weighted by Gasteiger charge is -1.99. The number of nitrogens with one attached hydrogen (secondary N) is 1. The predicted octanol–water partition coefficient (Wildman–Crippen LogP) is 2.62. The smallest absolute Gasteiger partial charge is 0.205 e. The van der Waals surface area contributed by atoms with Gasteiger partial charge in [0.1, 0.15) is 11.6 Å². The molecule has 0 bridgehead atoms. The third-order valence-electron chi connectivity index (χ3n) is 2.13. The van der Waals surface area contributed by atoms with Gasteiger partial charge in [0.2, 0.25) is 5.13 Å². The summed E-state index contributed by atoms with van der Waals surface area (Å²) in [5, 5.41) is 6.30. The van der Waals surface area contributed by atoms with Crippen molar-refractivity contribution in [1.29, 1.82) is 0 Å². The third-order valence-corrected chi connectivity index (χ3v) is 2.89. The summed E-state index contributed by atoms with van der Waals surface area (Å²) in [5.74, 6) is 0.171. The molecule has 1 aromatic carbocycles. The van der Waals surface area contributed by atoms with Crippen LogP contribution < -0.4 is 11.2 Å². The molecule has 0 amide bonds. The van der Waals surface area contributed by atoms with E-state index in [1.807, 2.05) is 6.92 Å². The number of nitrogens with two attached hydrogens (primary N) is 1. The molecule has 2 rings (SSSR count). The largest absolute Gasteiger partial charge is 0.383 e. The number of nitrogens with zero attached hydrogens (tertiary/aromatic N) is 2. The molecular weight excluding hydrogens is 239 g/mol. The number of thiazole rings is 1. The summed E-state index contributed by atoms with van der Waals surface area (Å²) < 4.78 is 13.0. The number of anilines is 2. The number of hydrogen-bond donors (Lipinski definition) is 2. The molecule has 0 fully saturated rings. The van der Waals surface area contributed by atoms with E-state index in [0.29, 0.717) is 10.9 Å². The molecule has 0 radical (unpaired) electrons. The van der Waals surface area contributed by atoms with Crippen LogP contribution in [0.5, 0.6) is 0 Å². The Balaban J connectivity index is 2.07. The van der Waals surface area contributed by atoms with Crippen molar-refractivity contribution in [1.82, 2.24) is 4.98 Å². The molecule has 88 valence electrons. The highest BCUT2D eigenvalue weighted by molar-refractivity contribution is 7.14. The maximum absolute atomic E-state index is 13.0. The topological polar surface area (TPSA) is 63.3 Å². The van der Waals surface area contributed by atoms with Crippen molar-refractivity contribution in [2.45, 2.75) is 6.92 Å². The number of nitrogen functional groups attached to an aromatic ring is 1. The highest BCUT2D eigenvalue weighted by atomic mass is 32.1. The number of hydrazone groups is 1. The van der Waals surface area contributed by atoms with Crippen LogP contribution >= 0.6 is 11.3 Å². The van der Waals surface area contributed by atoms with Crippen LogP contribution in [0.25, 0.3) is 0 Å². The fourth-order valence-corrected chi connectivity index (χ4v) is 1.79. The number of aryl methyl sites for hydroxylation is 1. The lowest BCUT2D eigenvalue weighted by molar-refractivity contribution is 0.627. The van der Waals surface area contributed by atoms with Gasteiger partial charge < -0.3 is 5.73 Å². The Morgan fingerprint density at radius 1 is 1.53 bits per heavy atom. The van der Waals surface area contributed by atoms with Gasteiger partial charge in [-0.3, -0.25) is 5.43 Å². The van der Waals surface area contributed by atoms with Crippen LogP contribution in [0, 0.1) is 12.7 Å². The molecule has 1 heterocycles. The lowest BCUT2D eigenvalue weighted by atomic mass is 10.1. The summed E-state index contributed by atoms with van der Waals surface area (Å²) in [6, 6.07) is 4.55. The number of halogens is 1. The number of aromatic nitrogens is 1. The second-order valence-electron chi connectivity index (χ2n) is 3.45. The van der Waals surface area contributed by atoms with Crippen LogP contribution in [0.4, 0.5) is 15.3 Å². The highest BCUT2D eigenvalue weighted by Gasteiger charge is 1.98. The van der Waals surface area contributed by atoms with Gasteiger partial charge in [0.05, 0.1) is 6.21 Å². The third kappa shape index (κ3) is 3.01. The van der Waals surface area contributed by atoms with Crippen LogP contribution in [0.1, 0.15) is 11.1 Å². The van der Waals surface area contributed by atoms with Gasteiger partial charge >= 0.3 is 0 Å². The Kier molecular flexibility index (Phi) is 3.34. The van der Waals surface area contributed by atoms with Crippen LogP contribution in [0.15, 0.2) is 28.7 Å². The van der Waals surface area contributed by atoms with Gasteiger partial charge in [-0.2, -0.15) is 5.10 Å². The van der Waals surface area contributed by atoms with Gasteiger partial charge in [-0.1, -0.05) is 6.07 Å². The fraction of sp³-hybridized carbons (Fsp3) is 0.0909. The average Bonchev–Trinajstić information content (AvgIpc) is 2.69. The van der Waals surface area contributed by atoms with Gasteiger partial charge in [0.25, 0.3) is 0 Å². The average molecular weight is 250 g/mol. The van der Waals surface area contributed by atoms with Crippen molar-refractivity contribution < 1.29 is 4.39 Å². The zero-order valence-electron chi connectivity index (χ0n) is 9.14. The number of hydrogen-bond acceptors (Lipinski definition) is 5. The van der Waals surface area contributed by atoms with Crippen LogP contribution in [-0.4, -0.2) is 11.2 Å². The van der Waals surface area contributed by atoms with Gasteiger partial charge in [0, 0.05) is 10.9 Å². The summed E-state index contributed by atoms with van der Waals surface area (Å²) in [6.07, 6.45) is 1.55. The van der Waals surface area contributed by atoms with Crippen molar-refractivity contribution in [2.75, 3.05) is 11.2 Å². The Morgan fingerprint density at radius 3 is 3.06 bits per heavy atom. The molecule has 4 nitrogen and oxygen atoms in total. The summed E-state index contributed by atoms with van der Waals surface area (Å²) in [4.78, 5) is 3.98. The summed E-state index contributed by atoms with van der Waals surface area (Å²) in [5.41, 5.74) is 9.88. The van der Waals surface area contributed by atoms with Crippen molar-refractivity contribution >= 4 is 28.5 Å². The van der Waals surface area contributed by atoms with E-state index < -0.39 is 0 Å². The minimum Gasteiger partial charge on any atom is -0.383 e. The molecule has 17 heavy (non-hydrogen) atoms. The van der Waals surface area contributed by atoms with E-state index in [-0.39, 0.29) is 5.82 Å². The molecule has 0 unspecified atom stereocenters. The van der Waals surface area contributed by atoms with Crippen molar-refractivity contribution in [3.63, 3.8) is 0 Å². The van der Waals surface area contributed by atoms with E-state index in [1.54, 1.807) is 17.7 Å².